The van der Waals surface area contributed by atoms with E-state index >= 15 is 0 Å². The van der Waals surface area contributed by atoms with Crippen LogP contribution in [0, 0.1) is 6.92 Å². The van der Waals surface area contributed by atoms with Gasteiger partial charge in [-0.3, -0.25) is 9.59 Å². The van der Waals surface area contributed by atoms with Gasteiger partial charge in [-0.25, -0.2) is 9.97 Å². The van der Waals surface area contributed by atoms with Crippen molar-refractivity contribution in [2.24, 2.45) is 0 Å². The number of carbonyl (C=O) groups is 2. The van der Waals surface area contributed by atoms with E-state index in [-0.39, 0.29) is 17.4 Å². The fourth-order valence-electron chi connectivity index (χ4n) is 2.70. The second-order valence-corrected chi connectivity index (χ2v) is 7.75. The Balaban J connectivity index is 1.60. The number of hydrogen-bond acceptors (Lipinski definition) is 7. The summed E-state index contributed by atoms with van der Waals surface area (Å²) in [7, 11) is 0. The zero-order chi connectivity index (χ0) is 17.1. The molecule has 2 aromatic heterocycles. The number of aryl methyl sites for hydroxylation is 1. The van der Waals surface area contributed by atoms with E-state index in [4.69, 9.17) is 5.11 Å². The first-order valence-electron chi connectivity index (χ1n) is 7.58. The number of piperazine rings is 1. The minimum Gasteiger partial charge on any atom is -0.481 e. The third-order valence-corrected chi connectivity index (χ3v) is 5.68. The maximum absolute atomic E-state index is 12.1. The summed E-state index contributed by atoms with van der Waals surface area (Å²) in [6, 6.07) is 2.11. The Labute approximate surface area is 147 Å². The topological polar surface area (TPSA) is 86.6 Å². The Morgan fingerprint density at radius 3 is 2.71 bits per heavy atom. The first-order chi connectivity index (χ1) is 11.5. The molecular weight excluding hydrogens is 348 g/mol. The Hall–Kier alpha value is -1.87. The predicted molar refractivity (Wildman–Crippen MR) is 95.9 cm³/mol. The third-order valence-electron chi connectivity index (χ3n) is 3.81. The van der Waals surface area contributed by atoms with Crippen LogP contribution in [0.15, 0.2) is 12.4 Å². The van der Waals surface area contributed by atoms with Gasteiger partial charge in [0.2, 0.25) is 5.91 Å². The smallest absolute Gasteiger partial charge is 0.313 e. The van der Waals surface area contributed by atoms with Crippen molar-refractivity contribution in [2.45, 2.75) is 6.92 Å². The molecule has 128 valence electrons. The zero-order valence-corrected chi connectivity index (χ0v) is 14.9. The highest BCUT2D eigenvalue weighted by Gasteiger charge is 2.23. The van der Waals surface area contributed by atoms with Crippen molar-refractivity contribution in [1.29, 1.82) is 0 Å². The molecule has 0 unspecified atom stereocenters. The molecule has 0 radical (unpaired) electrons. The molecule has 24 heavy (non-hydrogen) atoms. The zero-order valence-electron chi connectivity index (χ0n) is 13.3. The van der Waals surface area contributed by atoms with Crippen LogP contribution in [0.4, 0.5) is 5.82 Å². The second-order valence-electron chi connectivity index (χ2n) is 5.53. The van der Waals surface area contributed by atoms with Gasteiger partial charge in [0.1, 0.15) is 17.0 Å². The van der Waals surface area contributed by atoms with E-state index in [0.29, 0.717) is 13.1 Å². The molecule has 9 heteroatoms. The minimum absolute atomic E-state index is 0.000104. The van der Waals surface area contributed by atoms with Crippen molar-refractivity contribution in [1.82, 2.24) is 14.9 Å². The van der Waals surface area contributed by atoms with E-state index in [1.54, 1.807) is 22.6 Å². The Morgan fingerprint density at radius 1 is 1.25 bits per heavy atom. The van der Waals surface area contributed by atoms with E-state index in [9.17, 15) is 9.59 Å². The summed E-state index contributed by atoms with van der Waals surface area (Å²) in [5.41, 5.74) is 0. The van der Waals surface area contributed by atoms with E-state index in [1.807, 2.05) is 0 Å². The summed E-state index contributed by atoms with van der Waals surface area (Å²) >= 11 is 2.80. The number of carboxylic acids is 1. The summed E-state index contributed by atoms with van der Waals surface area (Å²) in [6.45, 7) is 4.75. The lowest BCUT2D eigenvalue weighted by molar-refractivity contribution is -0.133. The quantitative estimate of drug-likeness (QED) is 0.857. The molecule has 3 heterocycles. The monoisotopic (exact) mass is 366 g/mol. The number of nitrogens with zero attached hydrogens (tertiary/aromatic N) is 4. The molecule has 7 nitrogen and oxygen atoms in total. The van der Waals surface area contributed by atoms with Crippen LogP contribution in [-0.2, 0) is 9.59 Å². The number of carboxylic acid groups (broad SMARTS) is 1. The van der Waals surface area contributed by atoms with Crippen LogP contribution < -0.4 is 4.90 Å². The molecule has 0 aromatic carbocycles. The van der Waals surface area contributed by atoms with Crippen molar-refractivity contribution in [2.75, 3.05) is 42.6 Å². The van der Waals surface area contributed by atoms with Gasteiger partial charge in [-0.15, -0.1) is 23.1 Å². The summed E-state index contributed by atoms with van der Waals surface area (Å²) < 4.78 is 0. The second kappa shape index (κ2) is 7.35. The van der Waals surface area contributed by atoms with Crippen molar-refractivity contribution in [3.05, 3.63) is 17.3 Å². The van der Waals surface area contributed by atoms with E-state index in [1.165, 1.54) is 4.88 Å². The van der Waals surface area contributed by atoms with Crippen LogP contribution in [-0.4, -0.2) is 69.5 Å². The molecule has 0 saturated carbocycles. The lowest BCUT2D eigenvalue weighted by Crippen LogP contribution is -2.49. The first-order valence-corrected chi connectivity index (χ1v) is 9.55. The van der Waals surface area contributed by atoms with Gasteiger partial charge >= 0.3 is 5.97 Å². The molecule has 1 aliphatic heterocycles. The predicted octanol–water partition coefficient (Wildman–Crippen LogP) is 1.47. The number of aliphatic carboxylic acids is 1. The van der Waals surface area contributed by atoms with Crippen LogP contribution in [0.5, 0.6) is 0 Å². The molecular formula is C15H18N4O3S2. The Bertz CT molecular complexity index is 756. The first kappa shape index (κ1) is 17.0. The normalized spacial score (nSPS) is 15.0. The van der Waals surface area contributed by atoms with Gasteiger partial charge in [-0.1, -0.05) is 0 Å². The van der Waals surface area contributed by atoms with Gasteiger partial charge in [-0.05, 0) is 13.0 Å². The van der Waals surface area contributed by atoms with Gasteiger partial charge in [0, 0.05) is 31.1 Å². The van der Waals surface area contributed by atoms with E-state index < -0.39 is 5.97 Å². The van der Waals surface area contributed by atoms with Crippen LogP contribution in [0.25, 0.3) is 10.2 Å². The Kier molecular flexibility index (Phi) is 5.20. The van der Waals surface area contributed by atoms with Crippen molar-refractivity contribution in [3.63, 3.8) is 0 Å². The largest absolute Gasteiger partial charge is 0.481 e. The number of aromatic nitrogens is 2. The van der Waals surface area contributed by atoms with Gasteiger partial charge in [0.15, 0.2) is 0 Å². The number of anilines is 1. The summed E-state index contributed by atoms with van der Waals surface area (Å²) in [5.74, 6) is 0.212. The number of hydrogen-bond donors (Lipinski definition) is 1. The number of amides is 1. The van der Waals surface area contributed by atoms with Crippen LogP contribution in [0.3, 0.4) is 0 Å². The molecule has 1 amide bonds. The number of thiophene rings is 1. The molecule has 0 spiro atoms. The summed E-state index contributed by atoms with van der Waals surface area (Å²) in [5, 5.41) is 9.69. The lowest BCUT2D eigenvalue weighted by atomic mass is 10.2. The van der Waals surface area contributed by atoms with Crippen LogP contribution in [0.2, 0.25) is 0 Å². The van der Waals surface area contributed by atoms with Gasteiger partial charge < -0.3 is 14.9 Å². The maximum Gasteiger partial charge on any atom is 0.313 e. The van der Waals surface area contributed by atoms with E-state index in [2.05, 4.69) is 27.9 Å². The molecule has 1 N–H and O–H groups in total. The highest BCUT2D eigenvalue weighted by Crippen LogP contribution is 2.30. The third kappa shape index (κ3) is 3.78. The molecule has 1 aliphatic rings. The standard InChI is InChI=1S/C15H18N4O3S2/c1-10-6-11-14(16-9-17-15(11)24-10)19-4-2-18(3-5-19)12(20)7-23-8-13(21)22/h6,9H,2-5,7-8H2,1H3,(H,21,22). The fourth-order valence-corrected chi connectivity index (χ4v) is 4.18. The molecule has 0 atom stereocenters. The van der Waals surface area contributed by atoms with Crippen LogP contribution in [0.1, 0.15) is 4.88 Å². The van der Waals surface area contributed by atoms with Crippen molar-refractivity contribution >= 4 is 51.0 Å². The molecule has 0 bridgehead atoms. The van der Waals surface area contributed by atoms with Crippen molar-refractivity contribution in [3.8, 4) is 0 Å². The Morgan fingerprint density at radius 2 is 2.00 bits per heavy atom. The molecule has 1 saturated heterocycles. The number of thioether (sulfide) groups is 1. The molecule has 3 rings (SSSR count). The van der Waals surface area contributed by atoms with Gasteiger partial charge in [0.05, 0.1) is 16.9 Å². The summed E-state index contributed by atoms with van der Waals surface area (Å²) in [4.78, 5) is 37.5. The SMILES string of the molecule is Cc1cc2c(N3CCN(C(=O)CSCC(=O)O)CC3)ncnc2s1. The average Bonchev–Trinajstić information content (AvgIpc) is 2.94. The number of rotatable bonds is 5. The van der Waals surface area contributed by atoms with Crippen LogP contribution >= 0.6 is 23.1 Å². The highest BCUT2D eigenvalue weighted by molar-refractivity contribution is 8.00. The van der Waals surface area contributed by atoms with E-state index in [0.717, 1.165) is 40.9 Å². The minimum atomic E-state index is -0.892. The molecule has 2 aromatic rings. The molecule has 0 aliphatic carbocycles. The van der Waals surface area contributed by atoms with Crippen molar-refractivity contribution < 1.29 is 14.7 Å². The lowest BCUT2D eigenvalue weighted by Gasteiger charge is -2.35. The summed E-state index contributed by atoms with van der Waals surface area (Å²) in [6.07, 6.45) is 1.59. The maximum atomic E-state index is 12.1. The van der Waals surface area contributed by atoms with Gasteiger partial charge in [0.25, 0.3) is 0 Å². The molecule has 1 fully saturated rings. The number of carbonyl (C=O) groups excluding carboxylic acids is 1. The number of fused-ring (bicyclic) bond motifs is 1. The highest BCUT2D eigenvalue weighted by atomic mass is 32.2. The average molecular weight is 366 g/mol. The van der Waals surface area contributed by atoms with Gasteiger partial charge in [-0.2, -0.15) is 0 Å². The fraction of sp³-hybridized carbons (Fsp3) is 0.467.